The lowest BCUT2D eigenvalue weighted by Gasteiger charge is -2.36. The first-order valence-electron chi connectivity index (χ1n) is 9.34. The molecule has 2 rings (SSSR count). The predicted molar refractivity (Wildman–Crippen MR) is 103 cm³/mol. The minimum Gasteiger partial charge on any atom is -0.354 e. The molecule has 6 nitrogen and oxygen atoms in total. The summed E-state index contributed by atoms with van der Waals surface area (Å²) in [7, 11) is 0. The van der Waals surface area contributed by atoms with Crippen molar-refractivity contribution in [3.63, 3.8) is 0 Å². The molecule has 2 heterocycles. The molecule has 0 aromatic carbocycles. The van der Waals surface area contributed by atoms with Crippen LogP contribution in [0.15, 0.2) is 17.5 Å². The Hall–Kier alpha value is -1.89. The molecule has 7 heteroatoms. The van der Waals surface area contributed by atoms with Crippen molar-refractivity contribution in [2.24, 2.45) is 11.8 Å². The first-order valence-corrected chi connectivity index (χ1v) is 10.2. The predicted octanol–water partition coefficient (Wildman–Crippen LogP) is 2.27. The van der Waals surface area contributed by atoms with Gasteiger partial charge in [0.25, 0.3) is 5.91 Å². The van der Waals surface area contributed by atoms with E-state index in [0.29, 0.717) is 37.4 Å². The van der Waals surface area contributed by atoms with Crippen LogP contribution >= 0.6 is 11.3 Å². The fraction of sp³-hybridized carbons (Fsp3) is 0.632. The smallest absolute Gasteiger partial charge is 0.262 e. The third-order valence-corrected chi connectivity index (χ3v) is 5.55. The van der Waals surface area contributed by atoms with Gasteiger partial charge in [0.1, 0.15) is 6.04 Å². The van der Waals surface area contributed by atoms with Crippen LogP contribution in [0, 0.1) is 11.8 Å². The number of rotatable bonds is 7. The molecular weight excluding hydrogens is 350 g/mol. The van der Waals surface area contributed by atoms with Gasteiger partial charge < -0.3 is 15.5 Å². The number of thiophene rings is 1. The molecule has 1 fully saturated rings. The molecule has 1 aliphatic rings. The third kappa shape index (κ3) is 5.30. The second-order valence-electron chi connectivity index (χ2n) is 7.04. The van der Waals surface area contributed by atoms with E-state index in [-0.39, 0.29) is 29.6 Å². The first kappa shape index (κ1) is 20.4. The van der Waals surface area contributed by atoms with Crippen LogP contribution in [0.25, 0.3) is 0 Å². The molecule has 26 heavy (non-hydrogen) atoms. The summed E-state index contributed by atoms with van der Waals surface area (Å²) in [4.78, 5) is 39.7. The highest BCUT2D eigenvalue weighted by Gasteiger charge is 2.34. The van der Waals surface area contributed by atoms with E-state index in [9.17, 15) is 14.4 Å². The van der Waals surface area contributed by atoms with Crippen molar-refractivity contribution in [3.8, 4) is 0 Å². The summed E-state index contributed by atoms with van der Waals surface area (Å²) in [6, 6.07) is 3.01. The van der Waals surface area contributed by atoms with Crippen LogP contribution < -0.4 is 10.6 Å². The van der Waals surface area contributed by atoms with Gasteiger partial charge in [-0.2, -0.15) is 0 Å². The number of piperidine rings is 1. The van der Waals surface area contributed by atoms with Crippen molar-refractivity contribution in [1.82, 2.24) is 15.5 Å². The van der Waals surface area contributed by atoms with Crippen LogP contribution in [0.3, 0.4) is 0 Å². The molecule has 1 aliphatic heterocycles. The summed E-state index contributed by atoms with van der Waals surface area (Å²) in [5.41, 5.74) is 0. The third-order valence-electron chi connectivity index (χ3n) is 4.68. The maximum Gasteiger partial charge on any atom is 0.262 e. The van der Waals surface area contributed by atoms with Crippen LogP contribution in [-0.4, -0.2) is 48.3 Å². The molecule has 0 bridgehead atoms. The monoisotopic (exact) mass is 379 g/mol. The molecule has 1 unspecified atom stereocenters. The summed E-state index contributed by atoms with van der Waals surface area (Å²) in [5.74, 6) is -0.179. The topological polar surface area (TPSA) is 78.5 Å². The van der Waals surface area contributed by atoms with Crippen LogP contribution in [0.2, 0.25) is 0 Å². The van der Waals surface area contributed by atoms with Gasteiger partial charge >= 0.3 is 0 Å². The normalized spacial score (nSPS) is 16.4. The van der Waals surface area contributed by atoms with Crippen molar-refractivity contribution >= 4 is 29.1 Å². The van der Waals surface area contributed by atoms with E-state index < -0.39 is 6.04 Å². The molecule has 2 N–H and O–H groups in total. The van der Waals surface area contributed by atoms with E-state index in [4.69, 9.17) is 0 Å². The average molecular weight is 380 g/mol. The zero-order valence-corrected chi connectivity index (χ0v) is 16.6. The van der Waals surface area contributed by atoms with Gasteiger partial charge in [-0.3, -0.25) is 14.4 Å². The van der Waals surface area contributed by atoms with Gasteiger partial charge in [0.15, 0.2) is 0 Å². The number of amides is 3. The molecule has 0 saturated carbocycles. The van der Waals surface area contributed by atoms with Gasteiger partial charge in [-0.15, -0.1) is 11.3 Å². The van der Waals surface area contributed by atoms with Crippen molar-refractivity contribution < 1.29 is 14.4 Å². The van der Waals surface area contributed by atoms with E-state index in [1.54, 1.807) is 6.07 Å². The minimum atomic E-state index is -0.563. The number of hydrogen-bond donors (Lipinski definition) is 2. The van der Waals surface area contributed by atoms with Gasteiger partial charge in [-0.25, -0.2) is 0 Å². The minimum absolute atomic E-state index is 0.0197. The lowest BCUT2D eigenvalue weighted by atomic mass is 9.88. The summed E-state index contributed by atoms with van der Waals surface area (Å²) in [6.45, 7) is 7.65. The van der Waals surface area contributed by atoms with Gasteiger partial charge in [-0.05, 0) is 36.6 Å². The Kier molecular flexibility index (Phi) is 7.63. The highest BCUT2D eigenvalue weighted by molar-refractivity contribution is 7.12. The average Bonchev–Trinajstić information content (AvgIpc) is 3.18. The molecule has 1 aromatic heterocycles. The zero-order chi connectivity index (χ0) is 19.1. The molecule has 0 radical (unpaired) electrons. The van der Waals surface area contributed by atoms with Crippen molar-refractivity contribution in [2.45, 2.75) is 46.1 Å². The second-order valence-corrected chi connectivity index (χ2v) is 7.98. The van der Waals surface area contributed by atoms with Crippen molar-refractivity contribution in [1.29, 1.82) is 0 Å². The number of likely N-dealkylation sites (tertiary alicyclic amines) is 1. The van der Waals surface area contributed by atoms with E-state index >= 15 is 0 Å². The molecule has 1 saturated heterocycles. The Labute approximate surface area is 159 Å². The fourth-order valence-electron chi connectivity index (χ4n) is 3.19. The Morgan fingerprint density at radius 3 is 2.50 bits per heavy atom. The fourth-order valence-corrected chi connectivity index (χ4v) is 3.82. The largest absolute Gasteiger partial charge is 0.354 e. The number of carbonyl (C=O) groups excluding carboxylic acids is 3. The highest BCUT2D eigenvalue weighted by atomic mass is 32.1. The van der Waals surface area contributed by atoms with E-state index in [2.05, 4.69) is 10.6 Å². The van der Waals surface area contributed by atoms with Crippen LogP contribution in [0.5, 0.6) is 0 Å². The molecular formula is C19H29N3O3S. The molecule has 144 valence electrons. The summed E-state index contributed by atoms with van der Waals surface area (Å²) >= 11 is 1.36. The summed E-state index contributed by atoms with van der Waals surface area (Å²) in [6.07, 6.45) is 2.28. The highest BCUT2D eigenvalue weighted by Crippen LogP contribution is 2.23. The van der Waals surface area contributed by atoms with Gasteiger partial charge in [0.2, 0.25) is 11.8 Å². The Bertz CT molecular complexity index is 608. The maximum absolute atomic E-state index is 12.6. The van der Waals surface area contributed by atoms with E-state index in [1.807, 2.05) is 37.1 Å². The molecule has 0 spiro atoms. The van der Waals surface area contributed by atoms with Crippen LogP contribution in [0.1, 0.15) is 49.7 Å². The van der Waals surface area contributed by atoms with E-state index in [0.717, 1.165) is 6.42 Å². The van der Waals surface area contributed by atoms with Gasteiger partial charge in [0, 0.05) is 25.6 Å². The maximum atomic E-state index is 12.6. The quantitative estimate of drug-likeness (QED) is 0.763. The number of carbonyl (C=O) groups is 3. The Morgan fingerprint density at radius 2 is 1.96 bits per heavy atom. The molecule has 1 aromatic rings. The SMILES string of the molecule is CCCNC(=O)C(NC(=O)c1cccs1)C1CCN(C(=O)C(C)C)CC1. The standard InChI is InChI=1S/C19H29N3O3S/c1-4-9-20-18(24)16(21-17(23)15-6-5-12-26-15)14-7-10-22(11-8-14)19(25)13(2)3/h5-6,12-14,16H,4,7-11H2,1-3H3,(H,20,24)(H,21,23). The van der Waals surface area contributed by atoms with Crippen LogP contribution in [-0.2, 0) is 9.59 Å². The number of nitrogens with one attached hydrogen (secondary N) is 2. The van der Waals surface area contributed by atoms with Crippen molar-refractivity contribution in [2.75, 3.05) is 19.6 Å². The molecule has 1 atom stereocenters. The van der Waals surface area contributed by atoms with E-state index in [1.165, 1.54) is 11.3 Å². The second kappa shape index (κ2) is 9.71. The van der Waals surface area contributed by atoms with Gasteiger partial charge in [-0.1, -0.05) is 26.8 Å². The first-order chi connectivity index (χ1) is 12.4. The molecule has 3 amide bonds. The lowest BCUT2D eigenvalue weighted by molar-refractivity contribution is -0.136. The van der Waals surface area contributed by atoms with Crippen LogP contribution in [0.4, 0.5) is 0 Å². The Morgan fingerprint density at radius 1 is 1.27 bits per heavy atom. The molecule has 0 aliphatic carbocycles. The zero-order valence-electron chi connectivity index (χ0n) is 15.8. The number of hydrogen-bond acceptors (Lipinski definition) is 4. The number of nitrogens with zero attached hydrogens (tertiary/aromatic N) is 1. The van der Waals surface area contributed by atoms with Crippen molar-refractivity contribution in [3.05, 3.63) is 22.4 Å². The summed E-state index contributed by atoms with van der Waals surface area (Å²) in [5, 5.41) is 7.67. The lowest BCUT2D eigenvalue weighted by Crippen LogP contribution is -2.54. The Balaban J connectivity index is 2.03. The summed E-state index contributed by atoms with van der Waals surface area (Å²) < 4.78 is 0. The van der Waals surface area contributed by atoms with Gasteiger partial charge in [0.05, 0.1) is 4.88 Å².